The lowest BCUT2D eigenvalue weighted by molar-refractivity contribution is -0.115. The van der Waals surface area contributed by atoms with Gasteiger partial charge in [-0.05, 0) is 23.9 Å². The highest BCUT2D eigenvalue weighted by Gasteiger charge is 2.25. The maximum Gasteiger partial charge on any atom is 0.290 e. The van der Waals surface area contributed by atoms with E-state index in [0.29, 0.717) is 27.7 Å². The van der Waals surface area contributed by atoms with Crippen LogP contribution < -0.4 is 20.5 Å². The van der Waals surface area contributed by atoms with Crippen LogP contribution >= 0.6 is 11.8 Å². The van der Waals surface area contributed by atoms with E-state index in [1.165, 1.54) is 14.2 Å². The summed E-state index contributed by atoms with van der Waals surface area (Å²) in [5, 5.41) is 1.78. The second kappa shape index (κ2) is 5.23. The molecule has 0 aromatic heterocycles. The number of thioether (sulfide) groups is 1. The molecule has 1 saturated heterocycles. The largest absolute Gasteiger partial charge is 0.493 e. The maximum absolute atomic E-state index is 11.5. The fourth-order valence-electron chi connectivity index (χ4n) is 1.60. The van der Waals surface area contributed by atoms with E-state index in [1.54, 1.807) is 18.2 Å². The van der Waals surface area contributed by atoms with Crippen molar-refractivity contribution in [1.29, 1.82) is 0 Å². The van der Waals surface area contributed by atoms with Gasteiger partial charge in [-0.2, -0.15) is 0 Å². The second-order valence-corrected chi connectivity index (χ2v) is 4.70. The third-order valence-electron chi connectivity index (χ3n) is 2.52. The predicted molar refractivity (Wildman–Crippen MR) is 73.1 cm³/mol. The van der Waals surface area contributed by atoms with Crippen molar-refractivity contribution in [1.82, 2.24) is 5.32 Å². The Labute approximate surface area is 113 Å². The summed E-state index contributed by atoms with van der Waals surface area (Å²) in [6, 6.07) is 3.25. The Morgan fingerprint density at radius 2 is 1.84 bits per heavy atom. The summed E-state index contributed by atoms with van der Waals surface area (Å²) in [4.78, 5) is 22.8. The van der Waals surface area contributed by atoms with Crippen molar-refractivity contribution in [3.8, 4) is 11.5 Å². The molecule has 1 fully saturated rings. The molecule has 0 unspecified atom stereocenters. The lowest BCUT2D eigenvalue weighted by Gasteiger charge is -2.10. The molecule has 1 aromatic rings. The highest BCUT2D eigenvalue weighted by molar-refractivity contribution is 8.18. The third-order valence-corrected chi connectivity index (χ3v) is 3.33. The number of anilines is 1. The highest BCUT2D eigenvalue weighted by atomic mass is 32.2. The predicted octanol–water partition coefficient (Wildman–Crippen LogP) is 1.61. The summed E-state index contributed by atoms with van der Waals surface area (Å²) in [5.41, 5.74) is 6.89. The van der Waals surface area contributed by atoms with Gasteiger partial charge in [-0.25, -0.2) is 0 Å². The van der Waals surface area contributed by atoms with Gasteiger partial charge in [-0.3, -0.25) is 14.9 Å². The number of carbonyl (C=O) groups is 2. The Hall–Kier alpha value is -2.15. The van der Waals surface area contributed by atoms with E-state index in [-0.39, 0.29) is 0 Å². The molecule has 2 rings (SSSR count). The first kappa shape index (κ1) is 13.3. The fraction of sp³-hybridized carbons (Fsp3) is 0.167. The van der Waals surface area contributed by atoms with Crippen molar-refractivity contribution in [2.75, 3.05) is 20.0 Å². The number of carbonyl (C=O) groups excluding carboxylic acids is 2. The first-order valence-electron chi connectivity index (χ1n) is 5.31. The van der Waals surface area contributed by atoms with Gasteiger partial charge < -0.3 is 15.2 Å². The van der Waals surface area contributed by atoms with Crippen LogP contribution in [0.4, 0.5) is 10.5 Å². The molecule has 1 aromatic carbocycles. The van der Waals surface area contributed by atoms with E-state index in [2.05, 4.69) is 5.32 Å². The Balaban J connectivity index is 2.43. The van der Waals surface area contributed by atoms with E-state index in [1.807, 2.05) is 0 Å². The van der Waals surface area contributed by atoms with Crippen LogP contribution in [0.5, 0.6) is 11.5 Å². The van der Waals surface area contributed by atoms with Gasteiger partial charge in [-0.1, -0.05) is 0 Å². The Morgan fingerprint density at radius 3 is 2.37 bits per heavy atom. The molecule has 1 aliphatic heterocycles. The maximum atomic E-state index is 11.5. The van der Waals surface area contributed by atoms with Gasteiger partial charge in [0, 0.05) is 17.3 Å². The van der Waals surface area contributed by atoms with Crippen molar-refractivity contribution < 1.29 is 19.1 Å². The molecule has 3 N–H and O–H groups in total. The number of amides is 2. The van der Waals surface area contributed by atoms with Gasteiger partial charge in [-0.15, -0.1) is 0 Å². The zero-order chi connectivity index (χ0) is 14.0. The van der Waals surface area contributed by atoms with Gasteiger partial charge in [0.1, 0.15) is 0 Å². The van der Waals surface area contributed by atoms with Gasteiger partial charge in [0.2, 0.25) is 0 Å². The number of nitrogen functional groups attached to an aromatic ring is 1. The van der Waals surface area contributed by atoms with E-state index >= 15 is 0 Å². The number of rotatable bonds is 3. The molecule has 0 radical (unpaired) electrons. The van der Waals surface area contributed by atoms with Crippen molar-refractivity contribution >= 4 is 34.7 Å². The molecule has 1 heterocycles. The minimum Gasteiger partial charge on any atom is -0.493 e. The van der Waals surface area contributed by atoms with E-state index in [9.17, 15) is 9.59 Å². The number of ether oxygens (including phenoxy) is 2. The van der Waals surface area contributed by atoms with Crippen LogP contribution in [0.1, 0.15) is 5.56 Å². The molecular formula is C12H12N2O4S. The molecule has 100 valence electrons. The van der Waals surface area contributed by atoms with Gasteiger partial charge >= 0.3 is 0 Å². The number of nitrogens with two attached hydrogens (primary N) is 1. The summed E-state index contributed by atoms with van der Waals surface area (Å²) in [7, 11) is 3.01. The van der Waals surface area contributed by atoms with Crippen LogP contribution in [0.25, 0.3) is 6.08 Å². The molecule has 7 heteroatoms. The summed E-state index contributed by atoms with van der Waals surface area (Å²) >= 11 is 0.835. The Kier molecular flexibility index (Phi) is 3.66. The quantitative estimate of drug-likeness (QED) is 0.645. The average Bonchev–Trinajstić information content (AvgIpc) is 2.69. The average molecular weight is 280 g/mol. The molecular weight excluding hydrogens is 268 g/mol. The molecule has 0 aliphatic carbocycles. The standard InChI is InChI=1S/C12H12N2O4S/c1-17-8-3-6(7(13)5-9(8)18-2)4-10-11(15)14-12(16)19-10/h3-5H,13H2,1-2H3,(H,14,15,16). The van der Waals surface area contributed by atoms with E-state index in [0.717, 1.165) is 11.8 Å². The third kappa shape index (κ3) is 2.65. The monoisotopic (exact) mass is 280 g/mol. The van der Waals surface area contributed by atoms with Crippen molar-refractivity contribution in [3.63, 3.8) is 0 Å². The van der Waals surface area contributed by atoms with Crippen molar-refractivity contribution in [3.05, 3.63) is 22.6 Å². The lowest BCUT2D eigenvalue weighted by atomic mass is 10.1. The number of imide groups is 1. The summed E-state index contributed by atoms with van der Waals surface area (Å²) < 4.78 is 10.3. The minimum absolute atomic E-state index is 0.295. The van der Waals surface area contributed by atoms with Gasteiger partial charge in [0.05, 0.1) is 19.1 Å². The molecule has 6 nitrogen and oxygen atoms in total. The van der Waals surface area contributed by atoms with Crippen molar-refractivity contribution in [2.24, 2.45) is 0 Å². The summed E-state index contributed by atoms with van der Waals surface area (Å²) in [5.74, 6) is 0.573. The smallest absolute Gasteiger partial charge is 0.290 e. The molecule has 0 bridgehead atoms. The Morgan fingerprint density at radius 1 is 1.21 bits per heavy atom. The van der Waals surface area contributed by atoms with Gasteiger partial charge in [0.25, 0.3) is 11.1 Å². The number of hydrogen-bond donors (Lipinski definition) is 2. The first-order chi connectivity index (χ1) is 9.05. The zero-order valence-corrected chi connectivity index (χ0v) is 11.2. The topological polar surface area (TPSA) is 90.6 Å². The molecule has 19 heavy (non-hydrogen) atoms. The summed E-state index contributed by atoms with van der Waals surface area (Å²) in [6.07, 6.45) is 1.54. The number of methoxy groups -OCH3 is 2. The molecule has 1 aliphatic rings. The number of nitrogens with one attached hydrogen (secondary N) is 1. The fourth-order valence-corrected chi connectivity index (χ4v) is 2.27. The normalized spacial score (nSPS) is 16.6. The van der Waals surface area contributed by atoms with Crippen LogP contribution in [-0.4, -0.2) is 25.4 Å². The lowest BCUT2D eigenvalue weighted by Crippen LogP contribution is -2.17. The van der Waals surface area contributed by atoms with Crippen molar-refractivity contribution in [2.45, 2.75) is 0 Å². The van der Waals surface area contributed by atoms with Gasteiger partial charge in [0.15, 0.2) is 11.5 Å². The highest BCUT2D eigenvalue weighted by Crippen LogP contribution is 2.34. The first-order valence-corrected chi connectivity index (χ1v) is 6.13. The minimum atomic E-state index is -0.427. The number of hydrogen-bond acceptors (Lipinski definition) is 6. The van der Waals surface area contributed by atoms with Crippen LogP contribution in [0.15, 0.2) is 17.0 Å². The van der Waals surface area contributed by atoms with Crippen LogP contribution in [-0.2, 0) is 4.79 Å². The van der Waals surface area contributed by atoms with Crippen LogP contribution in [0, 0.1) is 0 Å². The molecule has 0 spiro atoms. The second-order valence-electron chi connectivity index (χ2n) is 3.69. The Bertz CT molecular complexity index is 583. The van der Waals surface area contributed by atoms with Crippen LogP contribution in [0.3, 0.4) is 0 Å². The molecule has 2 amide bonds. The number of benzene rings is 1. The SMILES string of the molecule is COc1cc(N)c(C=C2SC(=O)NC2=O)cc1OC. The van der Waals surface area contributed by atoms with E-state index in [4.69, 9.17) is 15.2 Å². The molecule has 0 saturated carbocycles. The zero-order valence-electron chi connectivity index (χ0n) is 10.4. The van der Waals surface area contributed by atoms with Crippen LogP contribution in [0.2, 0.25) is 0 Å². The van der Waals surface area contributed by atoms with E-state index < -0.39 is 11.1 Å². The molecule has 0 atom stereocenters. The summed E-state index contributed by atoms with van der Waals surface area (Å²) in [6.45, 7) is 0.